The van der Waals surface area contributed by atoms with E-state index in [9.17, 15) is 4.79 Å². The van der Waals surface area contributed by atoms with Crippen LogP contribution < -0.4 is 11.1 Å². The largest absolute Gasteiger partial charge is 0.381 e. The van der Waals surface area contributed by atoms with Crippen molar-refractivity contribution >= 4 is 11.6 Å². The van der Waals surface area contributed by atoms with Crippen LogP contribution in [0.4, 0.5) is 5.69 Å². The molecule has 0 aliphatic heterocycles. The molecule has 0 saturated carbocycles. The number of carbonyl (C=O) groups excluding carboxylic acids is 1. The number of nitrogens with two attached hydrogens (primary N) is 1. The van der Waals surface area contributed by atoms with Gasteiger partial charge in [0.1, 0.15) is 5.76 Å². The Morgan fingerprint density at radius 2 is 2.00 bits per heavy atom. The third-order valence-corrected chi connectivity index (χ3v) is 2.82. The van der Waals surface area contributed by atoms with Gasteiger partial charge < -0.3 is 15.6 Å². The lowest BCUT2D eigenvalue weighted by Gasteiger charge is -2.06. The Balaban J connectivity index is 2.04. The minimum atomic E-state index is -0.424. The molecule has 2 aromatic rings. The summed E-state index contributed by atoms with van der Waals surface area (Å²) in [4.78, 5) is 10.9. The predicted molar refractivity (Wildman–Crippen MR) is 68.3 cm³/mol. The molecule has 5 nitrogen and oxygen atoms in total. The fraction of sp³-hybridized carbons (Fsp3) is 0.231. The number of nitrogens with zero attached hydrogens (tertiary/aromatic N) is 1. The summed E-state index contributed by atoms with van der Waals surface area (Å²) in [6.45, 7) is 4.42. The number of carbonyl (C=O) groups is 1. The Kier molecular flexibility index (Phi) is 3.32. The summed E-state index contributed by atoms with van der Waals surface area (Å²) in [5, 5.41) is 7.13. The summed E-state index contributed by atoms with van der Waals surface area (Å²) >= 11 is 0. The average molecular weight is 245 g/mol. The van der Waals surface area contributed by atoms with Crippen LogP contribution in [0.3, 0.4) is 0 Å². The van der Waals surface area contributed by atoms with Gasteiger partial charge in [0.25, 0.3) is 0 Å². The summed E-state index contributed by atoms with van der Waals surface area (Å²) in [6, 6.07) is 7.02. The zero-order valence-electron chi connectivity index (χ0n) is 10.4. The van der Waals surface area contributed by atoms with E-state index >= 15 is 0 Å². The molecule has 94 valence electrons. The van der Waals surface area contributed by atoms with Crippen molar-refractivity contribution in [2.24, 2.45) is 5.73 Å². The molecule has 0 unspecified atom stereocenters. The summed E-state index contributed by atoms with van der Waals surface area (Å²) in [5.41, 5.74) is 8.52. The number of aromatic nitrogens is 1. The number of nitrogens with one attached hydrogen (secondary N) is 1. The molecule has 0 bridgehead atoms. The number of rotatable bonds is 4. The van der Waals surface area contributed by atoms with Crippen molar-refractivity contribution < 1.29 is 9.32 Å². The molecular weight excluding hydrogens is 230 g/mol. The van der Waals surface area contributed by atoms with Gasteiger partial charge in [-0.25, -0.2) is 0 Å². The van der Waals surface area contributed by atoms with Gasteiger partial charge in [-0.15, -0.1) is 0 Å². The van der Waals surface area contributed by atoms with Crippen molar-refractivity contribution in [2.75, 3.05) is 5.32 Å². The second kappa shape index (κ2) is 4.91. The quantitative estimate of drug-likeness (QED) is 0.863. The highest BCUT2D eigenvalue weighted by Gasteiger charge is 2.08. The molecule has 0 fully saturated rings. The number of primary amides is 1. The molecule has 0 saturated heterocycles. The van der Waals surface area contributed by atoms with Gasteiger partial charge in [-0.1, -0.05) is 5.16 Å². The van der Waals surface area contributed by atoms with Gasteiger partial charge in [0.2, 0.25) is 5.91 Å². The van der Waals surface area contributed by atoms with E-state index in [0.717, 1.165) is 22.7 Å². The summed E-state index contributed by atoms with van der Waals surface area (Å²) < 4.78 is 5.08. The van der Waals surface area contributed by atoms with Crippen molar-refractivity contribution in [1.29, 1.82) is 0 Å². The van der Waals surface area contributed by atoms with E-state index in [0.29, 0.717) is 12.1 Å². The van der Waals surface area contributed by atoms with Crippen LogP contribution in [0.15, 0.2) is 28.8 Å². The fourth-order valence-electron chi connectivity index (χ4n) is 1.70. The highest BCUT2D eigenvalue weighted by molar-refractivity contribution is 5.93. The molecule has 18 heavy (non-hydrogen) atoms. The lowest BCUT2D eigenvalue weighted by atomic mass is 10.1. The first-order valence-electron chi connectivity index (χ1n) is 5.63. The molecule has 2 rings (SSSR count). The smallest absolute Gasteiger partial charge is 0.248 e. The Morgan fingerprint density at radius 1 is 1.33 bits per heavy atom. The monoisotopic (exact) mass is 245 g/mol. The number of amides is 1. The number of aryl methyl sites for hydroxylation is 2. The fourth-order valence-corrected chi connectivity index (χ4v) is 1.70. The maximum atomic E-state index is 10.9. The maximum Gasteiger partial charge on any atom is 0.248 e. The van der Waals surface area contributed by atoms with Gasteiger partial charge in [0.15, 0.2) is 0 Å². The second-order valence-electron chi connectivity index (χ2n) is 4.10. The van der Waals surface area contributed by atoms with E-state index in [4.69, 9.17) is 10.3 Å². The van der Waals surface area contributed by atoms with Crippen molar-refractivity contribution in [1.82, 2.24) is 5.16 Å². The van der Waals surface area contributed by atoms with E-state index in [1.807, 2.05) is 26.0 Å². The van der Waals surface area contributed by atoms with Gasteiger partial charge >= 0.3 is 0 Å². The predicted octanol–water partition coefficient (Wildman–Crippen LogP) is 2.00. The number of hydrogen-bond acceptors (Lipinski definition) is 4. The van der Waals surface area contributed by atoms with Gasteiger partial charge in [-0.05, 0) is 38.1 Å². The molecule has 0 aliphatic rings. The lowest BCUT2D eigenvalue weighted by molar-refractivity contribution is 0.100. The van der Waals surface area contributed by atoms with Crippen LogP contribution in [0.25, 0.3) is 0 Å². The molecular formula is C13H15N3O2. The van der Waals surface area contributed by atoms with Crippen LogP contribution >= 0.6 is 0 Å². The Morgan fingerprint density at radius 3 is 2.50 bits per heavy atom. The van der Waals surface area contributed by atoms with E-state index in [-0.39, 0.29) is 0 Å². The highest BCUT2D eigenvalue weighted by atomic mass is 16.5. The molecule has 5 heteroatoms. The van der Waals surface area contributed by atoms with E-state index in [1.165, 1.54) is 0 Å². The molecule has 1 amide bonds. The molecule has 0 spiro atoms. The first kappa shape index (κ1) is 12.2. The molecule has 1 aromatic carbocycles. The van der Waals surface area contributed by atoms with Crippen LogP contribution in [0.1, 0.15) is 27.4 Å². The van der Waals surface area contributed by atoms with Crippen LogP contribution in [0, 0.1) is 13.8 Å². The van der Waals surface area contributed by atoms with Gasteiger partial charge in [0, 0.05) is 23.4 Å². The average Bonchev–Trinajstić information content (AvgIpc) is 2.67. The standard InChI is InChI=1S/C13H15N3O2/c1-8-12(9(2)18-16-8)7-15-11-5-3-10(4-6-11)13(14)17/h3-6,15H,7H2,1-2H3,(H2,14,17). The van der Waals surface area contributed by atoms with Gasteiger partial charge in [0.05, 0.1) is 5.69 Å². The molecule has 3 N–H and O–H groups in total. The number of benzene rings is 1. The minimum Gasteiger partial charge on any atom is -0.381 e. The van der Waals surface area contributed by atoms with Crippen LogP contribution in [-0.4, -0.2) is 11.1 Å². The zero-order valence-corrected chi connectivity index (χ0v) is 10.4. The van der Waals surface area contributed by atoms with Crippen LogP contribution in [0.5, 0.6) is 0 Å². The summed E-state index contributed by atoms with van der Waals surface area (Å²) in [6.07, 6.45) is 0. The third kappa shape index (κ3) is 2.51. The van der Waals surface area contributed by atoms with Crippen molar-refractivity contribution in [3.63, 3.8) is 0 Å². The SMILES string of the molecule is Cc1noc(C)c1CNc1ccc(C(N)=O)cc1. The van der Waals surface area contributed by atoms with Gasteiger partial charge in [-0.2, -0.15) is 0 Å². The number of anilines is 1. The maximum absolute atomic E-state index is 10.9. The summed E-state index contributed by atoms with van der Waals surface area (Å²) in [7, 11) is 0. The Bertz CT molecular complexity index is 539. The minimum absolute atomic E-state index is 0.424. The Hall–Kier alpha value is -2.30. The third-order valence-electron chi connectivity index (χ3n) is 2.82. The normalized spacial score (nSPS) is 10.3. The molecule has 0 aliphatic carbocycles. The first-order chi connectivity index (χ1) is 8.58. The van der Waals surface area contributed by atoms with Gasteiger partial charge in [-0.3, -0.25) is 4.79 Å². The molecule has 1 heterocycles. The van der Waals surface area contributed by atoms with Crippen LogP contribution in [-0.2, 0) is 6.54 Å². The van der Waals surface area contributed by atoms with E-state index in [1.54, 1.807) is 12.1 Å². The lowest BCUT2D eigenvalue weighted by Crippen LogP contribution is -2.10. The van der Waals surface area contributed by atoms with Crippen molar-refractivity contribution in [2.45, 2.75) is 20.4 Å². The summed E-state index contributed by atoms with van der Waals surface area (Å²) in [5.74, 6) is 0.390. The topological polar surface area (TPSA) is 81.2 Å². The highest BCUT2D eigenvalue weighted by Crippen LogP contribution is 2.15. The number of hydrogen-bond donors (Lipinski definition) is 2. The van der Waals surface area contributed by atoms with E-state index < -0.39 is 5.91 Å². The second-order valence-corrected chi connectivity index (χ2v) is 4.10. The molecule has 1 aromatic heterocycles. The zero-order chi connectivity index (χ0) is 13.1. The van der Waals surface area contributed by atoms with E-state index in [2.05, 4.69) is 10.5 Å². The first-order valence-corrected chi connectivity index (χ1v) is 5.63. The van der Waals surface area contributed by atoms with Crippen LogP contribution in [0.2, 0.25) is 0 Å². The molecule has 0 radical (unpaired) electrons. The molecule has 0 atom stereocenters. The van der Waals surface area contributed by atoms with Crippen molar-refractivity contribution in [3.8, 4) is 0 Å². The Labute approximate surface area is 105 Å². The van der Waals surface area contributed by atoms with Crippen molar-refractivity contribution in [3.05, 3.63) is 46.8 Å².